The number of rotatable bonds is 11. The first-order chi connectivity index (χ1) is 12.8. The normalized spacial score (nSPS) is 14.5. The van der Waals surface area contributed by atoms with Crippen molar-refractivity contribution in [1.82, 2.24) is 0 Å². The number of esters is 1. The van der Waals surface area contributed by atoms with Crippen LogP contribution in [-0.2, 0) is 14.1 Å². The summed E-state index contributed by atoms with van der Waals surface area (Å²) in [5, 5.41) is -1.51. The van der Waals surface area contributed by atoms with Crippen molar-refractivity contribution in [3.8, 4) is 11.5 Å². The topological polar surface area (TPSA) is 78.9 Å². The molecule has 6 nitrogen and oxygen atoms in total. The van der Waals surface area contributed by atoms with Crippen LogP contribution >= 0.6 is 8.46 Å². The predicted molar refractivity (Wildman–Crippen MR) is 104 cm³/mol. The van der Waals surface area contributed by atoms with Gasteiger partial charge in [-0.2, -0.15) is 0 Å². The first-order valence-corrected chi connectivity index (χ1v) is 9.86. The zero-order valence-corrected chi connectivity index (χ0v) is 17.8. The summed E-state index contributed by atoms with van der Waals surface area (Å²) in [4.78, 5) is 26.2. The van der Waals surface area contributed by atoms with Gasteiger partial charge in [0.25, 0.3) is 0 Å². The first kappa shape index (κ1) is 23.1. The molecular formula is C20H29O6P. The third-order valence-electron chi connectivity index (χ3n) is 4.56. The van der Waals surface area contributed by atoms with Crippen LogP contribution in [-0.4, -0.2) is 37.7 Å². The average molecular weight is 396 g/mol. The van der Waals surface area contributed by atoms with Crippen LogP contribution in [0, 0.1) is 11.8 Å². The number of methoxy groups -OCH3 is 2. The van der Waals surface area contributed by atoms with Gasteiger partial charge >= 0.3 is 5.97 Å². The van der Waals surface area contributed by atoms with Crippen molar-refractivity contribution in [3.63, 3.8) is 0 Å². The Bertz CT molecular complexity index is 650. The van der Waals surface area contributed by atoms with E-state index >= 15 is 0 Å². The van der Waals surface area contributed by atoms with Crippen LogP contribution in [0.25, 0.3) is 0 Å². The van der Waals surface area contributed by atoms with Crippen molar-refractivity contribution < 1.29 is 28.4 Å². The molecule has 150 valence electrons. The van der Waals surface area contributed by atoms with Gasteiger partial charge in [-0.25, -0.2) is 0 Å². The Labute approximate surface area is 162 Å². The van der Waals surface area contributed by atoms with Crippen molar-refractivity contribution in [2.45, 2.75) is 45.7 Å². The lowest BCUT2D eigenvalue weighted by atomic mass is 9.77. The van der Waals surface area contributed by atoms with Crippen molar-refractivity contribution >= 4 is 20.2 Å². The summed E-state index contributed by atoms with van der Waals surface area (Å²) in [5.41, 5.74) is 0.234. The van der Waals surface area contributed by atoms with Gasteiger partial charge in [0.15, 0.2) is 19.4 Å². The molecule has 0 aliphatic rings. The number of Topliss-reactive ketones (excluding diaryl/α,β-unsaturated/α-hetero) is 1. The van der Waals surface area contributed by atoms with E-state index in [4.69, 9.17) is 14.2 Å². The van der Waals surface area contributed by atoms with Crippen molar-refractivity contribution in [2.24, 2.45) is 11.8 Å². The standard InChI is InChI=1S/C20H29O6P/c1-7-8-12-26-19(22)20(4,27-23)17(13(2)3)18(21)16-14(24-5)10-9-11-15(16)25-6/h9-11,13,17H,7-8,12H2,1-6H3. The minimum atomic E-state index is -1.51. The zero-order chi connectivity index (χ0) is 20.6. The third-order valence-corrected chi connectivity index (χ3v) is 5.40. The molecule has 1 rings (SSSR count). The summed E-state index contributed by atoms with van der Waals surface area (Å²) in [6.07, 6.45) is 1.57. The lowest BCUT2D eigenvalue weighted by Gasteiger charge is -2.32. The van der Waals surface area contributed by atoms with Crippen LogP contribution in [0.5, 0.6) is 11.5 Å². The molecule has 27 heavy (non-hydrogen) atoms. The molecule has 0 aromatic heterocycles. The van der Waals surface area contributed by atoms with E-state index < -0.39 is 25.5 Å². The molecule has 2 unspecified atom stereocenters. The summed E-state index contributed by atoms with van der Waals surface area (Å²) in [6, 6.07) is 5.01. The van der Waals surface area contributed by atoms with Gasteiger partial charge < -0.3 is 14.2 Å². The maximum atomic E-state index is 13.5. The van der Waals surface area contributed by atoms with Crippen LogP contribution in [0.4, 0.5) is 0 Å². The molecule has 7 heteroatoms. The van der Waals surface area contributed by atoms with E-state index in [1.165, 1.54) is 21.1 Å². The molecule has 0 fully saturated rings. The Kier molecular flexibility index (Phi) is 8.91. The summed E-state index contributed by atoms with van der Waals surface area (Å²) in [5.74, 6) is -1.47. The van der Waals surface area contributed by atoms with E-state index in [9.17, 15) is 14.2 Å². The fourth-order valence-electron chi connectivity index (χ4n) is 3.13. The maximum absolute atomic E-state index is 13.5. The Hall–Kier alpha value is -1.94. The number of ketones is 1. The van der Waals surface area contributed by atoms with Crippen LogP contribution in [0.3, 0.4) is 0 Å². The third kappa shape index (κ3) is 5.07. The van der Waals surface area contributed by atoms with Crippen LogP contribution in [0.1, 0.15) is 50.9 Å². The van der Waals surface area contributed by atoms with Crippen molar-refractivity contribution in [2.75, 3.05) is 20.8 Å². The molecule has 0 radical (unpaired) electrons. The Morgan fingerprint density at radius 1 is 1.15 bits per heavy atom. The first-order valence-electron chi connectivity index (χ1n) is 9.05. The number of unbranched alkanes of at least 4 members (excludes halogenated alkanes) is 1. The highest BCUT2D eigenvalue weighted by atomic mass is 31.1. The second kappa shape index (κ2) is 10.4. The van der Waals surface area contributed by atoms with Crippen LogP contribution in [0.15, 0.2) is 18.2 Å². The number of carbonyl (C=O) groups excluding carboxylic acids is 2. The molecule has 0 amide bonds. The monoisotopic (exact) mass is 396 g/mol. The highest BCUT2D eigenvalue weighted by Crippen LogP contribution is 2.42. The molecule has 0 bridgehead atoms. The molecule has 0 heterocycles. The number of benzene rings is 1. The second-order valence-electron chi connectivity index (χ2n) is 6.85. The minimum Gasteiger partial charge on any atom is -0.496 e. The molecule has 2 atom stereocenters. The Morgan fingerprint density at radius 3 is 2.11 bits per heavy atom. The van der Waals surface area contributed by atoms with Gasteiger partial charge in [-0.3, -0.25) is 14.2 Å². The van der Waals surface area contributed by atoms with E-state index in [1.807, 2.05) is 20.8 Å². The zero-order valence-electron chi connectivity index (χ0n) is 16.9. The summed E-state index contributed by atoms with van der Waals surface area (Å²) < 4.78 is 28.0. The van der Waals surface area contributed by atoms with E-state index in [-0.39, 0.29) is 23.9 Å². The van der Waals surface area contributed by atoms with E-state index in [2.05, 4.69) is 0 Å². The van der Waals surface area contributed by atoms with Gasteiger partial charge in [-0.15, -0.1) is 0 Å². The Morgan fingerprint density at radius 2 is 1.70 bits per heavy atom. The maximum Gasteiger partial charge on any atom is 0.324 e. The van der Waals surface area contributed by atoms with E-state index in [1.54, 1.807) is 18.2 Å². The largest absolute Gasteiger partial charge is 0.496 e. The number of carbonyl (C=O) groups is 2. The SMILES string of the molecule is CCCCOC(=O)C(C)(P=O)C(C(=O)c1c(OC)cccc1OC)C(C)C. The lowest BCUT2D eigenvalue weighted by molar-refractivity contribution is -0.148. The second-order valence-corrected chi connectivity index (χ2v) is 7.96. The van der Waals surface area contributed by atoms with Gasteiger partial charge in [-0.1, -0.05) is 33.3 Å². The van der Waals surface area contributed by atoms with Gasteiger partial charge in [-0.05, 0) is 31.4 Å². The fraction of sp³-hybridized carbons (Fsp3) is 0.600. The quantitative estimate of drug-likeness (QED) is 0.236. The molecule has 1 aromatic rings. The van der Waals surface area contributed by atoms with Gasteiger partial charge in [0.05, 0.1) is 26.7 Å². The number of ether oxygens (including phenoxy) is 3. The van der Waals surface area contributed by atoms with Crippen LogP contribution in [0.2, 0.25) is 0 Å². The van der Waals surface area contributed by atoms with E-state index in [0.717, 1.165) is 6.42 Å². The molecule has 1 aromatic carbocycles. The smallest absolute Gasteiger partial charge is 0.324 e. The fourth-order valence-corrected chi connectivity index (χ4v) is 3.80. The minimum absolute atomic E-state index is 0.234. The molecule has 0 aliphatic heterocycles. The average Bonchev–Trinajstić information content (AvgIpc) is 2.66. The van der Waals surface area contributed by atoms with Gasteiger partial charge in [0.2, 0.25) is 0 Å². The molecule has 0 saturated heterocycles. The molecule has 0 spiro atoms. The highest BCUT2D eigenvalue weighted by molar-refractivity contribution is 7.27. The summed E-state index contributed by atoms with van der Waals surface area (Å²) in [6.45, 7) is 7.34. The van der Waals surface area contributed by atoms with Gasteiger partial charge in [0.1, 0.15) is 17.1 Å². The summed E-state index contributed by atoms with van der Waals surface area (Å²) >= 11 is 0. The number of hydrogen-bond donors (Lipinski definition) is 0. The van der Waals surface area contributed by atoms with E-state index in [0.29, 0.717) is 17.9 Å². The predicted octanol–water partition coefficient (Wildman–Crippen LogP) is 4.55. The van der Waals surface area contributed by atoms with Gasteiger partial charge in [0, 0.05) is 0 Å². The molecule has 0 saturated carbocycles. The Balaban J connectivity index is 3.41. The number of hydrogen-bond acceptors (Lipinski definition) is 6. The lowest BCUT2D eigenvalue weighted by Crippen LogP contribution is -2.46. The molecular weight excluding hydrogens is 367 g/mol. The highest BCUT2D eigenvalue weighted by Gasteiger charge is 2.50. The van der Waals surface area contributed by atoms with Crippen molar-refractivity contribution in [1.29, 1.82) is 0 Å². The molecule has 0 N–H and O–H groups in total. The van der Waals surface area contributed by atoms with Crippen LogP contribution < -0.4 is 9.47 Å². The van der Waals surface area contributed by atoms with Crippen molar-refractivity contribution in [3.05, 3.63) is 23.8 Å². The molecule has 0 aliphatic carbocycles. The summed E-state index contributed by atoms with van der Waals surface area (Å²) in [7, 11) is 2.45.